The second-order valence-electron chi connectivity index (χ2n) is 5.51. The Morgan fingerprint density at radius 1 is 1.25 bits per heavy atom. The fraction of sp³-hybridized carbons (Fsp3) is 0.267. The lowest BCUT2D eigenvalue weighted by molar-refractivity contribution is -0.114. The summed E-state index contributed by atoms with van der Waals surface area (Å²) in [6, 6.07) is 5.39. The highest BCUT2D eigenvalue weighted by atomic mass is 32.1. The lowest BCUT2D eigenvalue weighted by Crippen LogP contribution is -2.35. The van der Waals surface area contributed by atoms with Crippen molar-refractivity contribution in [2.75, 3.05) is 11.9 Å². The summed E-state index contributed by atoms with van der Waals surface area (Å²) in [4.78, 5) is 31.2. The highest BCUT2D eigenvalue weighted by Gasteiger charge is 2.25. The van der Waals surface area contributed by atoms with E-state index < -0.39 is 0 Å². The number of rotatable bonds is 2. The Labute approximate surface area is 145 Å². The molecule has 1 aliphatic rings. The van der Waals surface area contributed by atoms with E-state index in [1.54, 1.807) is 17.0 Å². The number of nitrogens with zero attached hydrogens (tertiary/aromatic N) is 4. The molecule has 3 heterocycles. The lowest BCUT2D eigenvalue weighted by Gasteiger charge is -2.26. The highest BCUT2D eigenvalue weighted by Crippen LogP contribution is 2.29. The predicted molar refractivity (Wildman–Crippen MR) is 92.3 cm³/mol. The first-order valence-electron chi connectivity index (χ1n) is 7.38. The molecule has 4 rings (SSSR count). The van der Waals surface area contributed by atoms with E-state index in [0.29, 0.717) is 30.2 Å². The predicted octanol–water partition coefficient (Wildman–Crippen LogP) is 2.30. The topological polar surface area (TPSA) is 88.1 Å². The normalized spacial score (nSPS) is 13.8. The van der Waals surface area contributed by atoms with E-state index in [1.165, 1.54) is 18.3 Å². The molecule has 0 fully saturated rings. The van der Waals surface area contributed by atoms with Crippen LogP contribution in [0.15, 0.2) is 18.2 Å². The molecule has 0 unspecified atom stereocenters. The van der Waals surface area contributed by atoms with Gasteiger partial charge in [-0.1, -0.05) is 11.3 Å². The summed E-state index contributed by atoms with van der Waals surface area (Å²) in [5.41, 5.74) is 3.13. The van der Waals surface area contributed by atoms with Crippen LogP contribution in [0.4, 0.5) is 5.13 Å². The zero-order chi connectivity index (χ0) is 16.7. The number of carbonyl (C=O) groups is 2. The molecule has 24 heavy (non-hydrogen) atoms. The second kappa shape index (κ2) is 5.91. The van der Waals surface area contributed by atoms with Gasteiger partial charge in [-0.15, -0.1) is 0 Å². The number of thiazole rings is 1. The van der Waals surface area contributed by atoms with E-state index in [2.05, 4.69) is 19.0 Å². The van der Waals surface area contributed by atoms with Crippen molar-refractivity contribution in [2.24, 2.45) is 0 Å². The standard InChI is InChI=1S/C15H13N5O2S2/c1-8(21)16-15-17-11-4-5-20(7-13(11)23-15)14(22)9-2-3-10-12(6-9)19-24-18-10/h2-3,6H,4-5,7H2,1H3,(H,16,17,21). The van der Waals surface area contributed by atoms with Crippen molar-refractivity contribution in [3.63, 3.8) is 0 Å². The molecule has 2 aromatic heterocycles. The molecule has 1 aliphatic heterocycles. The van der Waals surface area contributed by atoms with E-state index in [0.717, 1.165) is 33.3 Å². The molecule has 0 saturated heterocycles. The molecule has 122 valence electrons. The van der Waals surface area contributed by atoms with E-state index in [-0.39, 0.29) is 11.8 Å². The maximum absolute atomic E-state index is 12.8. The average molecular weight is 359 g/mol. The summed E-state index contributed by atoms with van der Waals surface area (Å²) in [7, 11) is 0. The summed E-state index contributed by atoms with van der Waals surface area (Å²) in [5, 5.41) is 3.30. The van der Waals surface area contributed by atoms with Gasteiger partial charge in [-0.2, -0.15) is 8.75 Å². The van der Waals surface area contributed by atoms with Gasteiger partial charge in [0.1, 0.15) is 11.0 Å². The molecule has 0 radical (unpaired) electrons. The SMILES string of the molecule is CC(=O)Nc1nc2c(s1)CN(C(=O)c1ccc3nsnc3c1)CC2. The Hall–Kier alpha value is -2.39. The minimum absolute atomic E-state index is 0.0231. The number of fused-ring (bicyclic) bond motifs is 2. The number of aromatic nitrogens is 3. The average Bonchev–Trinajstić information content (AvgIpc) is 3.17. The van der Waals surface area contributed by atoms with Crippen LogP contribution in [-0.2, 0) is 17.8 Å². The number of anilines is 1. The summed E-state index contributed by atoms with van der Waals surface area (Å²) < 4.78 is 8.34. The Morgan fingerprint density at radius 3 is 2.92 bits per heavy atom. The van der Waals surface area contributed by atoms with E-state index >= 15 is 0 Å². The van der Waals surface area contributed by atoms with Crippen LogP contribution in [0.1, 0.15) is 27.9 Å². The maximum atomic E-state index is 12.8. The lowest BCUT2D eigenvalue weighted by atomic mass is 10.1. The number of amides is 2. The zero-order valence-corrected chi connectivity index (χ0v) is 14.4. The molecule has 0 aliphatic carbocycles. The van der Waals surface area contributed by atoms with Crippen molar-refractivity contribution in [1.29, 1.82) is 0 Å². The molecule has 1 aromatic carbocycles. The van der Waals surface area contributed by atoms with Crippen LogP contribution >= 0.6 is 23.1 Å². The number of hydrogen-bond donors (Lipinski definition) is 1. The first-order chi connectivity index (χ1) is 11.6. The number of carbonyl (C=O) groups excluding carboxylic acids is 2. The fourth-order valence-corrected chi connectivity index (χ4v) is 4.26. The van der Waals surface area contributed by atoms with Crippen LogP contribution in [0.3, 0.4) is 0 Å². The second-order valence-corrected chi connectivity index (χ2v) is 7.13. The zero-order valence-electron chi connectivity index (χ0n) is 12.8. The van der Waals surface area contributed by atoms with Gasteiger partial charge in [0.15, 0.2) is 5.13 Å². The van der Waals surface area contributed by atoms with Gasteiger partial charge >= 0.3 is 0 Å². The van der Waals surface area contributed by atoms with Crippen LogP contribution in [-0.4, -0.2) is 37.0 Å². The van der Waals surface area contributed by atoms with Gasteiger partial charge in [0.25, 0.3) is 5.91 Å². The van der Waals surface area contributed by atoms with Crippen molar-refractivity contribution >= 4 is 51.0 Å². The molecule has 7 nitrogen and oxygen atoms in total. The van der Waals surface area contributed by atoms with Gasteiger partial charge in [-0.3, -0.25) is 9.59 Å². The number of hydrogen-bond acceptors (Lipinski definition) is 7. The van der Waals surface area contributed by atoms with Gasteiger partial charge in [0.2, 0.25) is 5.91 Å². The third-order valence-electron chi connectivity index (χ3n) is 3.80. The van der Waals surface area contributed by atoms with Crippen LogP contribution in [0.2, 0.25) is 0 Å². The highest BCUT2D eigenvalue weighted by molar-refractivity contribution is 7.15. The number of benzene rings is 1. The van der Waals surface area contributed by atoms with E-state index in [1.807, 2.05) is 6.07 Å². The van der Waals surface area contributed by atoms with Crippen molar-refractivity contribution in [2.45, 2.75) is 19.9 Å². The van der Waals surface area contributed by atoms with Crippen LogP contribution < -0.4 is 5.32 Å². The maximum Gasteiger partial charge on any atom is 0.254 e. The van der Waals surface area contributed by atoms with Crippen molar-refractivity contribution in [3.8, 4) is 0 Å². The van der Waals surface area contributed by atoms with Crippen LogP contribution in [0, 0.1) is 0 Å². The Bertz CT molecular complexity index is 948. The first kappa shape index (κ1) is 15.2. The van der Waals surface area contributed by atoms with Gasteiger partial charge < -0.3 is 10.2 Å². The van der Waals surface area contributed by atoms with Crippen molar-refractivity contribution in [1.82, 2.24) is 18.6 Å². The van der Waals surface area contributed by atoms with Gasteiger partial charge in [0, 0.05) is 30.3 Å². The van der Waals surface area contributed by atoms with Crippen LogP contribution in [0.25, 0.3) is 11.0 Å². The number of nitrogens with one attached hydrogen (secondary N) is 1. The third kappa shape index (κ3) is 2.76. The molecule has 0 atom stereocenters. The smallest absolute Gasteiger partial charge is 0.254 e. The Kier molecular flexibility index (Phi) is 3.73. The first-order valence-corrected chi connectivity index (χ1v) is 8.92. The molecular formula is C15H13N5O2S2. The summed E-state index contributed by atoms with van der Waals surface area (Å²) in [6.07, 6.45) is 0.692. The largest absolute Gasteiger partial charge is 0.333 e. The van der Waals surface area contributed by atoms with Gasteiger partial charge in [-0.25, -0.2) is 4.98 Å². The monoisotopic (exact) mass is 359 g/mol. The molecule has 2 amide bonds. The molecule has 0 saturated carbocycles. The van der Waals surface area contributed by atoms with E-state index in [9.17, 15) is 9.59 Å². The summed E-state index contributed by atoms with van der Waals surface area (Å²) in [6.45, 7) is 2.58. The van der Waals surface area contributed by atoms with Crippen molar-refractivity contribution in [3.05, 3.63) is 34.3 Å². The van der Waals surface area contributed by atoms with Gasteiger partial charge in [-0.05, 0) is 18.2 Å². The Balaban J connectivity index is 1.55. The summed E-state index contributed by atoms with van der Waals surface area (Å²) in [5.74, 6) is -0.163. The van der Waals surface area contributed by atoms with Gasteiger partial charge in [0.05, 0.1) is 24.0 Å². The fourth-order valence-electron chi connectivity index (χ4n) is 2.67. The minimum Gasteiger partial charge on any atom is -0.333 e. The molecule has 0 bridgehead atoms. The Morgan fingerprint density at radius 2 is 2.08 bits per heavy atom. The third-order valence-corrected chi connectivity index (χ3v) is 5.36. The molecule has 3 aromatic rings. The summed E-state index contributed by atoms with van der Waals surface area (Å²) >= 11 is 2.57. The molecular weight excluding hydrogens is 346 g/mol. The quantitative estimate of drug-likeness (QED) is 0.758. The van der Waals surface area contributed by atoms with E-state index in [4.69, 9.17) is 0 Å². The molecule has 1 N–H and O–H groups in total. The minimum atomic E-state index is -0.140. The van der Waals surface area contributed by atoms with Crippen molar-refractivity contribution < 1.29 is 9.59 Å². The molecule has 0 spiro atoms. The van der Waals surface area contributed by atoms with Crippen LogP contribution in [0.5, 0.6) is 0 Å². The molecule has 9 heteroatoms.